The zero-order valence-electron chi connectivity index (χ0n) is 6.21. The first-order valence-electron chi connectivity index (χ1n) is 3.78. The van der Waals surface area contributed by atoms with Crippen molar-refractivity contribution in [2.75, 3.05) is 20.2 Å². The molecule has 0 bridgehead atoms. The van der Waals surface area contributed by atoms with Gasteiger partial charge in [-0.15, -0.1) is 0 Å². The van der Waals surface area contributed by atoms with E-state index in [9.17, 15) is 0 Å². The Hall–Kier alpha value is -0.730. The summed E-state index contributed by atoms with van der Waals surface area (Å²) in [6.45, 7) is 1.86. The van der Waals surface area contributed by atoms with E-state index in [1.807, 2.05) is 0 Å². The zero-order valence-corrected chi connectivity index (χ0v) is 6.21. The lowest BCUT2D eigenvalue weighted by Gasteiger charge is -2.13. The van der Waals surface area contributed by atoms with E-state index in [1.54, 1.807) is 7.05 Å². The topological polar surface area (TPSA) is 24.8 Å². The van der Waals surface area contributed by atoms with Gasteiger partial charge in [0.1, 0.15) is 6.61 Å². The number of hydrogen-bond donors (Lipinski definition) is 0. The van der Waals surface area contributed by atoms with Gasteiger partial charge in [-0.25, -0.2) is 4.99 Å². The standard InChI is InChI=1S/C7H12N2O/c1-8-7-9(4-5-10-7)6-2-3-6/h6H,2-5H2,1H3/b8-7-. The number of ether oxygens (including phenoxy) is 1. The van der Waals surface area contributed by atoms with Gasteiger partial charge in [-0.3, -0.25) is 0 Å². The molecular formula is C7H12N2O. The van der Waals surface area contributed by atoms with Crippen LogP contribution in [0, 0.1) is 0 Å². The molecule has 0 amide bonds. The van der Waals surface area contributed by atoms with Crippen molar-refractivity contribution in [2.45, 2.75) is 18.9 Å². The molecule has 2 fully saturated rings. The summed E-state index contributed by atoms with van der Waals surface area (Å²) in [5.74, 6) is 0. The third-order valence-electron chi connectivity index (χ3n) is 1.99. The summed E-state index contributed by atoms with van der Waals surface area (Å²) in [6.07, 6.45) is 2.64. The molecule has 2 rings (SSSR count). The predicted molar refractivity (Wildman–Crippen MR) is 39.0 cm³/mol. The normalized spacial score (nSPS) is 29.3. The Morgan fingerprint density at radius 1 is 1.60 bits per heavy atom. The molecule has 1 aliphatic carbocycles. The molecule has 3 nitrogen and oxygen atoms in total. The molecule has 10 heavy (non-hydrogen) atoms. The lowest BCUT2D eigenvalue weighted by molar-refractivity contribution is 0.350. The molecule has 0 spiro atoms. The second-order valence-corrected chi connectivity index (χ2v) is 2.78. The van der Waals surface area contributed by atoms with E-state index in [4.69, 9.17) is 4.74 Å². The largest absolute Gasteiger partial charge is 0.463 e. The highest BCUT2D eigenvalue weighted by Gasteiger charge is 2.34. The highest BCUT2D eigenvalue weighted by Crippen LogP contribution is 2.28. The lowest BCUT2D eigenvalue weighted by atomic mass is 10.5. The summed E-state index contributed by atoms with van der Waals surface area (Å²) in [4.78, 5) is 6.31. The molecule has 1 saturated heterocycles. The second-order valence-electron chi connectivity index (χ2n) is 2.78. The van der Waals surface area contributed by atoms with Gasteiger partial charge < -0.3 is 9.64 Å². The van der Waals surface area contributed by atoms with Gasteiger partial charge in [0.05, 0.1) is 6.54 Å². The van der Waals surface area contributed by atoms with Crippen LogP contribution >= 0.6 is 0 Å². The predicted octanol–water partition coefficient (Wildman–Crippen LogP) is 0.467. The van der Waals surface area contributed by atoms with Crippen LogP contribution in [-0.2, 0) is 4.74 Å². The molecule has 0 N–H and O–H groups in total. The van der Waals surface area contributed by atoms with Crippen molar-refractivity contribution in [3.63, 3.8) is 0 Å². The number of hydrogen-bond acceptors (Lipinski definition) is 2. The summed E-state index contributed by atoms with van der Waals surface area (Å²) in [6, 6.07) is 1.60. The molecule has 1 heterocycles. The molecule has 0 atom stereocenters. The van der Waals surface area contributed by atoms with Crippen LogP contribution < -0.4 is 0 Å². The molecule has 0 aromatic carbocycles. The van der Waals surface area contributed by atoms with Crippen molar-refractivity contribution in [1.82, 2.24) is 4.90 Å². The van der Waals surface area contributed by atoms with Gasteiger partial charge in [-0.2, -0.15) is 0 Å². The van der Waals surface area contributed by atoms with Crippen LogP contribution in [0.1, 0.15) is 12.8 Å². The smallest absolute Gasteiger partial charge is 0.287 e. The van der Waals surface area contributed by atoms with E-state index in [1.165, 1.54) is 12.8 Å². The van der Waals surface area contributed by atoms with Gasteiger partial charge in [-0.1, -0.05) is 0 Å². The van der Waals surface area contributed by atoms with Crippen LogP contribution in [0.15, 0.2) is 4.99 Å². The first-order valence-corrected chi connectivity index (χ1v) is 3.78. The third kappa shape index (κ3) is 0.856. The number of aliphatic imine (C=N–C) groups is 1. The van der Waals surface area contributed by atoms with Crippen molar-refractivity contribution in [2.24, 2.45) is 4.99 Å². The second kappa shape index (κ2) is 2.15. The highest BCUT2D eigenvalue weighted by atomic mass is 16.5. The van der Waals surface area contributed by atoms with Crippen LogP contribution in [0.25, 0.3) is 0 Å². The SMILES string of the molecule is C/N=C1\OCCN1C1CC1. The molecule has 2 aliphatic rings. The van der Waals surface area contributed by atoms with Crippen molar-refractivity contribution in [3.05, 3.63) is 0 Å². The van der Waals surface area contributed by atoms with Gasteiger partial charge in [-0.05, 0) is 12.8 Å². The Balaban J connectivity index is 2.05. The summed E-state index contributed by atoms with van der Waals surface area (Å²) >= 11 is 0. The summed E-state index contributed by atoms with van der Waals surface area (Å²) in [5.41, 5.74) is 0. The maximum atomic E-state index is 5.29. The minimum atomic E-state index is 0.751. The Kier molecular flexibility index (Phi) is 1.29. The summed E-state index contributed by atoms with van der Waals surface area (Å²) in [5, 5.41) is 0. The Bertz CT molecular complexity index is 163. The van der Waals surface area contributed by atoms with E-state index >= 15 is 0 Å². The molecular weight excluding hydrogens is 128 g/mol. The molecule has 3 heteroatoms. The molecule has 0 radical (unpaired) electrons. The van der Waals surface area contributed by atoms with Crippen molar-refractivity contribution < 1.29 is 4.74 Å². The van der Waals surface area contributed by atoms with E-state index in [2.05, 4.69) is 9.89 Å². The number of rotatable bonds is 1. The monoisotopic (exact) mass is 140 g/mol. The fourth-order valence-electron chi connectivity index (χ4n) is 1.33. The van der Waals surface area contributed by atoms with E-state index in [0.717, 1.165) is 25.2 Å². The Morgan fingerprint density at radius 3 is 3.00 bits per heavy atom. The average molecular weight is 140 g/mol. The summed E-state index contributed by atoms with van der Waals surface area (Å²) < 4.78 is 5.29. The molecule has 0 aromatic heterocycles. The van der Waals surface area contributed by atoms with Crippen LogP contribution in [0.2, 0.25) is 0 Å². The van der Waals surface area contributed by atoms with Gasteiger partial charge in [0.2, 0.25) is 0 Å². The fraction of sp³-hybridized carbons (Fsp3) is 0.857. The quantitative estimate of drug-likeness (QED) is 0.529. The number of amidine groups is 1. The van der Waals surface area contributed by atoms with Crippen molar-refractivity contribution in [1.29, 1.82) is 0 Å². The number of nitrogens with zero attached hydrogens (tertiary/aromatic N) is 2. The third-order valence-corrected chi connectivity index (χ3v) is 1.99. The first-order chi connectivity index (χ1) is 4.92. The maximum absolute atomic E-state index is 5.29. The van der Waals surface area contributed by atoms with Crippen LogP contribution in [0.3, 0.4) is 0 Å². The van der Waals surface area contributed by atoms with Crippen LogP contribution in [0.4, 0.5) is 0 Å². The summed E-state index contributed by atoms with van der Waals surface area (Å²) in [7, 11) is 1.79. The highest BCUT2D eigenvalue weighted by molar-refractivity contribution is 5.75. The molecule has 1 aliphatic heterocycles. The van der Waals surface area contributed by atoms with Gasteiger partial charge in [0, 0.05) is 13.1 Å². The Morgan fingerprint density at radius 2 is 2.40 bits per heavy atom. The Labute approximate surface area is 60.7 Å². The van der Waals surface area contributed by atoms with Gasteiger partial charge >= 0.3 is 0 Å². The zero-order chi connectivity index (χ0) is 6.97. The maximum Gasteiger partial charge on any atom is 0.287 e. The van der Waals surface area contributed by atoms with Crippen molar-refractivity contribution in [3.8, 4) is 0 Å². The van der Waals surface area contributed by atoms with Crippen LogP contribution in [0.5, 0.6) is 0 Å². The van der Waals surface area contributed by atoms with Crippen LogP contribution in [-0.4, -0.2) is 37.2 Å². The molecule has 0 unspecified atom stereocenters. The molecule has 56 valence electrons. The molecule has 0 aromatic rings. The fourth-order valence-corrected chi connectivity index (χ4v) is 1.33. The van der Waals surface area contributed by atoms with E-state index < -0.39 is 0 Å². The van der Waals surface area contributed by atoms with Gasteiger partial charge in [0.15, 0.2) is 0 Å². The minimum Gasteiger partial charge on any atom is -0.463 e. The average Bonchev–Trinajstić information content (AvgIpc) is 2.69. The lowest BCUT2D eigenvalue weighted by Crippen LogP contribution is -2.27. The minimum absolute atomic E-state index is 0.751. The molecule has 1 saturated carbocycles. The van der Waals surface area contributed by atoms with Crippen molar-refractivity contribution >= 4 is 6.02 Å². The van der Waals surface area contributed by atoms with E-state index in [-0.39, 0.29) is 0 Å². The van der Waals surface area contributed by atoms with E-state index in [0.29, 0.717) is 0 Å². The van der Waals surface area contributed by atoms with Gasteiger partial charge in [0.25, 0.3) is 6.02 Å². The first kappa shape index (κ1) is 6.01.